The van der Waals surface area contributed by atoms with E-state index in [1.54, 1.807) is 6.33 Å². The average Bonchev–Trinajstić information content (AvgIpc) is 3.20. The van der Waals surface area contributed by atoms with Gasteiger partial charge in [0, 0.05) is 23.0 Å². The Morgan fingerprint density at radius 3 is 2.27 bits per heavy atom. The van der Waals surface area contributed by atoms with Crippen molar-refractivity contribution >= 4 is 21.4 Å². The minimum Gasteiger partial charge on any atom is -0.326 e. The highest BCUT2D eigenvalue weighted by atomic mass is 32.2. The monoisotopic (exact) mass is 373 g/mol. The van der Waals surface area contributed by atoms with Gasteiger partial charge in [0.15, 0.2) is 9.84 Å². The molecule has 1 aromatic heterocycles. The van der Waals surface area contributed by atoms with E-state index in [4.69, 9.17) is 0 Å². The van der Waals surface area contributed by atoms with E-state index in [1.165, 1.54) is 0 Å². The molecule has 3 atom stereocenters. The quantitative estimate of drug-likeness (QED) is 0.896. The van der Waals surface area contributed by atoms with E-state index < -0.39 is 9.84 Å². The van der Waals surface area contributed by atoms with E-state index in [2.05, 4.69) is 10.3 Å². The Balaban J connectivity index is 1.40. The zero-order valence-corrected chi connectivity index (χ0v) is 15.8. The van der Waals surface area contributed by atoms with Crippen molar-refractivity contribution in [1.82, 2.24) is 9.55 Å². The van der Waals surface area contributed by atoms with Crippen LogP contribution >= 0.6 is 0 Å². The van der Waals surface area contributed by atoms with Crippen LogP contribution in [-0.2, 0) is 14.6 Å². The standard InChI is InChI=1S/C19H23N3O3S/c1-12-13(2)22(11-20-12)18-5-3-17(4-6-18)21-19(23)14-7-15-9-26(24,25)10-16(15)8-14/h3-6,11,14-16H,7-10H2,1-2H3,(H,21,23)/t14?,15-,16+. The van der Waals surface area contributed by atoms with Gasteiger partial charge in [0.25, 0.3) is 0 Å². The molecule has 1 aromatic carbocycles. The summed E-state index contributed by atoms with van der Waals surface area (Å²) in [7, 11) is -2.89. The second-order valence-electron chi connectivity index (χ2n) is 7.59. The predicted molar refractivity (Wildman–Crippen MR) is 100 cm³/mol. The maximum absolute atomic E-state index is 12.5. The van der Waals surface area contributed by atoms with E-state index >= 15 is 0 Å². The molecular formula is C19H23N3O3S. The van der Waals surface area contributed by atoms with E-state index in [0.29, 0.717) is 12.8 Å². The summed E-state index contributed by atoms with van der Waals surface area (Å²) in [6.07, 6.45) is 3.16. The van der Waals surface area contributed by atoms with Crippen LogP contribution in [0.3, 0.4) is 0 Å². The third-order valence-electron chi connectivity index (χ3n) is 5.81. The van der Waals surface area contributed by atoms with Crippen LogP contribution in [-0.4, -0.2) is 35.4 Å². The number of rotatable bonds is 3. The van der Waals surface area contributed by atoms with Crippen molar-refractivity contribution in [2.24, 2.45) is 17.8 Å². The Kier molecular flexibility index (Phi) is 4.14. The number of amides is 1. The Bertz CT molecular complexity index is 927. The highest BCUT2D eigenvalue weighted by Crippen LogP contribution is 2.43. The highest BCUT2D eigenvalue weighted by Gasteiger charge is 2.46. The van der Waals surface area contributed by atoms with Crippen LogP contribution in [0, 0.1) is 31.6 Å². The first kappa shape index (κ1) is 17.3. The van der Waals surface area contributed by atoms with Gasteiger partial charge in [-0.2, -0.15) is 0 Å². The lowest BCUT2D eigenvalue weighted by molar-refractivity contribution is -0.119. The highest BCUT2D eigenvalue weighted by molar-refractivity contribution is 7.91. The number of aryl methyl sites for hydroxylation is 1. The number of benzene rings is 1. The lowest BCUT2D eigenvalue weighted by atomic mass is 10.0. The van der Waals surface area contributed by atoms with E-state index in [1.807, 2.05) is 42.7 Å². The molecule has 7 heteroatoms. The first-order valence-corrected chi connectivity index (χ1v) is 10.8. The van der Waals surface area contributed by atoms with Crippen molar-refractivity contribution in [2.45, 2.75) is 26.7 Å². The summed E-state index contributed by atoms with van der Waals surface area (Å²) in [5, 5.41) is 2.98. The van der Waals surface area contributed by atoms with Crippen LogP contribution in [0.2, 0.25) is 0 Å². The van der Waals surface area contributed by atoms with Crippen molar-refractivity contribution in [2.75, 3.05) is 16.8 Å². The summed E-state index contributed by atoms with van der Waals surface area (Å²) in [5.41, 5.74) is 3.85. The van der Waals surface area contributed by atoms with Gasteiger partial charge in [-0.1, -0.05) is 0 Å². The summed E-state index contributed by atoms with van der Waals surface area (Å²) in [5.74, 6) is 0.730. The molecule has 2 aromatic rings. The summed E-state index contributed by atoms with van der Waals surface area (Å²) < 4.78 is 25.4. The van der Waals surface area contributed by atoms with Gasteiger partial charge in [-0.05, 0) is 62.8 Å². The molecule has 26 heavy (non-hydrogen) atoms. The van der Waals surface area contributed by atoms with Crippen LogP contribution < -0.4 is 5.32 Å². The molecule has 1 unspecified atom stereocenters. The van der Waals surface area contributed by atoms with Crippen LogP contribution in [0.15, 0.2) is 30.6 Å². The lowest BCUT2D eigenvalue weighted by Crippen LogP contribution is -2.22. The van der Waals surface area contributed by atoms with Crippen molar-refractivity contribution in [1.29, 1.82) is 0 Å². The van der Waals surface area contributed by atoms with E-state index in [0.717, 1.165) is 22.8 Å². The minimum absolute atomic E-state index is 0.000737. The van der Waals surface area contributed by atoms with Crippen LogP contribution in [0.1, 0.15) is 24.2 Å². The number of anilines is 1. The number of fused-ring (bicyclic) bond motifs is 1. The largest absolute Gasteiger partial charge is 0.326 e. The Labute approximate surface area is 153 Å². The van der Waals surface area contributed by atoms with Gasteiger partial charge >= 0.3 is 0 Å². The fourth-order valence-electron chi connectivity index (χ4n) is 4.26. The number of carbonyl (C=O) groups excluding carboxylic acids is 1. The molecule has 0 radical (unpaired) electrons. The molecule has 2 fully saturated rings. The average molecular weight is 373 g/mol. The number of nitrogens with zero attached hydrogens (tertiary/aromatic N) is 2. The predicted octanol–water partition coefficient (Wildman–Crippen LogP) is 2.50. The fraction of sp³-hybridized carbons (Fsp3) is 0.474. The Morgan fingerprint density at radius 2 is 1.73 bits per heavy atom. The molecule has 1 aliphatic carbocycles. The number of nitrogens with one attached hydrogen (secondary N) is 1. The molecule has 1 amide bonds. The molecule has 138 valence electrons. The van der Waals surface area contributed by atoms with E-state index in [9.17, 15) is 13.2 Å². The Hall–Kier alpha value is -2.15. The van der Waals surface area contributed by atoms with Gasteiger partial charge in [-0.15, -0.1) is 0 Å². The van der Waals surface area contributed by atoms with Crippen molar-refractivity contribution in [3.05, 3.63) is 42.0 Å². The smallest absolute Gasteiger partial charge is 0.227 e. The van der Waals surface area contributed by atoms with Crippen LogP contribution in [0.4, 0.5) is 5.69 Å². The number of carbonyl (C=O) groups is 1. The molecular weight excluding hydrogens is 350 g/mol. The minimum atomic E-state index is -2.89. The molecule has 0 spiro atoms. The fourth-order valence-corrected chi connectivity index (χ4v) is 6.52. The van der Waals surface area contributed by atoms with Gasteiger partial charge in [-0.3, -0.25) is 4.79 Å². The van der Waals surface area contributed by atoms with Gasteiger partial charge in [0.05, 0.1) is 23.5 Å². The van der Waals surface area contributed by atoms with E-state index in [-0.39, 0.29) is 35.2 Å². The molecule has 1 aliphatic heterocycles. The number of hydrogen-bond donors (Lipinski definition) is 1. The van der Waals surface area contributed by atoms with Gasteiger partial charge in [-0.25, -0.2) is 13.4 Å². The molecule has 1 saturated carbocycles. The second kappa shape index (κ2) is 6.23. The number of aromatic nitrogens is 2. The maximum atomic E-state index is 12.5. The lowest BCUT2D eigenvalue weighted by Gasteiger charge is -2.13. The zero-order valence-electron chi connectivity index (χ0n) is 15.0. The van der Waals surface area contributed by atoms with Crippen molar-refractivity contribution in [3.63, 3.8) is 0 Å². The second-order valence-corrected chi connectivity index (χ2v) is 9.74. The molecule has 2 aliphatic rings. The first-order chi connectivity index (χ1) is 12.3. The maximum Gasteiger partial charge on any atom is 0.227 e. The van der Waals surface area contributed by atoms with Crippen molar-refractivity contribution < 1.29 is 13.2 Å². The molecule has 6 nitrogen and oxygen atoms in total. The first-order valence-electron chi connectivity index (χ1n) is 8.94. The summed E-state index contributed by atoms with van der Waals surface area (Å²) >= 11 is 0. The SMILES string of the molecule is Cc1ncn(-c2ccc(NC(=O)C3C[C@@H]4CS(=O)(=O)C[C@@H]4C3)cc2)c1C. The zero-order chi connectivity index (χ0) is 18.5. The molecule has 1 N–H and O–H groups in total. The number of hydrogen-bond acceptors (Lipinski definition) is 4. The summed E-state index contributed by atoms with van der Waals surface area (Å²) in [6.45, 7) is 4.00. The van der Waals surface area contributed by atoms with Gasteiger partial charge in [0.1, 0.15) is 0 Å². The van der Waals surface area contributed by atoms with Gasteiger partial charge in [0.2, 0.25) is 5.91 Å². The van der Waals surface area contributed by atoms with Crippen molar-refractivity contribution in [3.8, 4) is 5.69 Å². The number of sulfone groups is 1. The number of imidazole rings is 1. The third-order valence-corrected chi connectivity index (χ3v) is 7.68. The van der Waals surface area contributed by atoms with Crippen LogP contribution in [0.25, 0.3) is 5.69 Å². The van der Waals surface area contributed by atoms with Crippen LogP contribution in [0.5, 0.6) is 0 Å². The van der Waals surface area contributed by atoms with Gasteiger partial charge < -0.3 is 9.88 Å². The summed E-state index contributed by atoms with van der Waals surface area (Å²) in [4.78, 5) is 16.8. The topological polar surface area (TPSA) is 81.1 Å². The normalized spacial score (nSPS) is 26.6. The summed E-state index contributed by atoms with van der Waals surface area (Å²) in [6, 6.07) is 7.70. The molecule has 2 heterocycles. The molecule has 4 rings (SSSR count). The Morgan fingerprint density at radius 1 is 1.12 bits per heavy atom. The molecule has 1 saturated heterocycles. The molecule has 0 bridgehead atoms. The third kappa shape index (κ3) is 3.16.